The lowest BCUT2D eigenvalue weighted by Crippen LogP contribution is -2.13. The summed E-state index contributed by atoms with van der Waals surface area (Å²) < 4.78 is 5.24. The smallest absolute Gasteiger partial charge is 0.119 e. The summed E-state index contributed by atoms with van der Waals surface area (Å²) in [6.45, 7) is 2.40. The first-order valence-electron chi connectivity index (χ1n) is 5.25. The molecule has 1 N–H and O–H groups in total. The molecule has 0 radical (unpaired) electrons. The molecule has 1 aromatic carbocycles. The molecule has 2 heteroatoms. The van der Waals surface area contributed by atoms with E-state index < -0.39 is 0 Å². The Hall–Kier alpha value is -1.02. The quantitative estimate of drug-likeness (QED) is 0.763. The van der Waals surface area contributed by atoms with Gasteiger partial charge < -0.3 is 10.1 Å². The predicted octanol–water partition coefficient (Wildman–Crippen LogP) is 1.63. The van der Waals surface area contributed by atoms with E-state index in [1.807, 2.05) is 6.07 Å². The molecule has 1 saturated carbocycles. The minimum absolute atomic E-state index is 0.798. The monoisotopic (exact) mass is 189 g/mol. The lowest BCUT2D eigenvalue weighted by molar-refractivity contribution is 0.414. The molecular weight excluding hydrogens is 174 g/mol. The Labute approximate surface area is 84.3 Å². The van der Waals surface area contributed by atoms with E-state index in [0.29, 0.717) is 0 Å². The van der Waals surface area contributed by atoms with Crippen molar-refractivity contribution in [3.63, 3.8) is 0 Å². The van der Waals surface area contributed by atoms with Crippen LogP contribution in [0.25, 0.3) is 0 Å². The number of ether oxygens (including phenoxy) is 1. The molecule has 1 aliphatic carbocycles. The van der Waals surface area contributed by atoms with Crippen LogP contribution in [-0.2, 0) is 0 Å². The van der Waals surface area contributed by atoms with Crippen molar-refractivity contribution in [1.82, 2.24) is 5.32 Å². The number of piperidine rings is 1. The number of benzene rings is 1. The minimum Gasteiger partial charge on any atom is -0.497 e. The van der Waals surface area contributed by atoms with E-state index in [1.54, 1.807) is 7.11 Å². The molecular formula is C12H15NO. The second-order valence-electron chi connectivity index (χ2n) is 4.29. The highest BCUT2D eigenvalue weighted by Gasteiger charge is 2.53. The molecule has 74 valence electrons. The molecule has 2 fully saturated rings. The van der Waals surface area contributed by atoms with Gasteiger partial charge in [0.25, 0.3) is 0 Å². The Morgan fingerprint density at radius 1 is 1.29 bits per heavy atom. The van der Waals surface area contributed by atoms with Gasteiger partial charge in [0.2, 0.25) is 0 Å². The SMILES string of the molecule is COc1cccc(C2C3CNCC32)c1. The topological polar surface area (TPSA) is 21.3 Å². The van der Waals surface area contributed by atoms with Gasteiger partial charge in [-0.1, -0.05) is 12.1 Å². The molecule has 3 rings (SSSR count). The molecule has 14 heavy (non-hydrogen) atoms. The number of hydrogen-bond acceptors (Lipinski definition) is 2. The molecule has 0 aromatic heterocycles. The Bertz CT molecular complexity index is 340. The maximum atomic E-state index is 5.24. The number of nitrogens with one attached hydrogen (secondary N) is 1. The van der Waals surface area contributed by atoms with Crippen LogP contribution in [0.2, 0.25) is 0 Å². The summed E-state index contributed by atoms with van der Waals surface area (Å²) in [5.74, 6) is 3.57. The van der Waals surface area contributed by atoms with Crippen LogP contribution in [0.3, 0.4) is 0 Å². The van der Waals surface area contributed by atoms with Gasteiger partial charge in [0, 0.05) is 0 Å². The molecule has 2 nitrogen and oxygen atoms in total. The zero-order valence-electron chi connectivity index (χ0n) is 8.36. The first kappa shape index (κ1) is 8.30. The predicted molar refractivity (Wildman–Crippen MR) is 55.6 cm³/mol. The van der Waals surface area contributed by atoms with Crippen LogP contribution >= 0.6 is 0 Å². The van der Waals surface area contributed by atoms with Crippen molar-refractivity contribution in [2.24, 2.45) is 11.8 Å². The third-order valence-corrected chi connectivity index (χ3v) is 3.57. The summed E-state index contributed by atoms with van der Waals surface area (Å²) >= 11 is 0. The van der Waals surface area contributed by atoms with Gasteiger partial charge in [-0.25, -0.2) is 0 Å². The fourth-order valence-corrected chi connectivity index (χ4v) is 2.76. The largest absolute Gasteiger partial charge is 0.497 e. The van der Waals surface area contributed by atoms with Crippen molar-refractivity contribution in [3.8, 4) is 5.75 Å². The van der Waals surface area contributed by atoms with Crippen molar-refractivity contribution >= 4 is 0 Å². The summed E-state index contributed by atoms with van der Waals surface area (Å²) in [5, 5.41) is 3.42. The molecule has 0 amide bonds. The Morgan fingerprint density at radius 3 is 2.79 bits per heavy atom. The van der Waals surface area contributed by atoms with E-state index in [-0.39, 0.29) is 0 Å². The van der Waals surface area contributed by atoms with Crippen LogP contribution in [0, 0.1) is 11.8 Å². The third kappa shape index (κ3) is 1.14. The van der Waals surface area contributed by atoms with Gasteiger partial charge in [-0.15, -0.1) is 0 Å². The van der Waals surface area contributed by atoms with Gasteiger partial charge >= 0.3 is 0 Å². The molecule has 2 unspecified atom stereocenters. The highest BCUT2D eigenvalue weighted by molar-refractivity contribution is 5.36. The Morgan fingerprint density at radius 2 is 2.07 bits per heavy atom. The average Bonchev–Trinajstić information content (AvgIpc) is 2.73. The Kier molecular flexibility index (Phi) is 1.77. The lowest BCUT2D eigenvalue weighted by atomic mass is 10.1. The van der Waals surface area contributed by atoms with Gasteiger partial charge in [0.1, 0.15) is 5.75 Å². The summed E-state index contributed by atoms with van der Waals surface area (Å²) in [6, 6.07) is 8.52. The zero-order valence-corrected chi connectivity index (χ0v) is 8.36. The molecule has 0 bridgehead atoms. The molecule has 1 aromatic rings. The van der Waals surface area contributed by atoms with Gasteiger partial charge in [0.15, 0.2) is 0 Å². The average molecular weight is 189 g/mol. The van der Waals surface area contributed by atoms with Crippen molar-refractivity contribution in [1.29, 1.82) is 0 Å². The fraction of sp³-hybridized carbons (Fsp3) is 0.500. The van der Waals surface area contributed by atoms with Crippen LogP contribution < -0.4 is 10.1 Å². The highest BCUT2D eigenvalue weighted by Crippen LogP contribution is 2.55. The number of fused-ring (bicyclic) bond motifs is 1. The second kappa shape index (κ2) is 2.99. The summed E-state index contributed by atoms with van der Waals surface area (Å²) in [4.78, 5) is 0. The molecule has 2 aliphatic rings. The van der Waals surface area contributed by atoms with E-state index in [4.69, 9.17) is 4.74 Å². The van der Waals surface area contributed by atoms with E-state index in [1.165, 1.54) is 18.7 Å². The number of hydrogen-bond donors (Lipinski definition) is 1. The number of rotatable bonds is 2. The Balaban J connectivity index is 1.84. The van der Waals surface area contributed by atoms with Crippen LogP contribution in [0.5, 0.6) is 5.75 Å². The van der Waals surface area contributed by atoms with E-state index in [9.17, 15) is 0 Å². The van der Waals surface area contributed by atoms with Crippen LogP contribution in [0.15, 0.2) is 24.3 Å². The first-order chi connectivity index (χ1) is 6.90. The third-order valence-electron chi connectivity index (χ3n) is 3.57. The molecule has 1 aliphatic heterocycles. The van der Waals surface area contributed by atoms with E-state index >= 15 is 0 Å². The lowest BCUT2D eigenvalue weighted by Gasteiger charge is -2.06. The summed E-state index contributed by atoms with van der Waals surface area (Å²) in [7, 11) is 1.73. The van der Waals surface area contributed by atoms with Crippen molar-refractivity contribution in [2.75, 3.05) is 20.2 Å². The van der Waals surface area contributed by atoms with Crippen molar-refractivity contribution in [2.45, 2.75) is 5.92 Å². The minimum atomic E-state index is 0.798. The van der Waals surface area contributed by atoms with Crippen LogP contribution in [-0.4, -0.2) is 20.2 Å². The molecule has 0 spiro atoms. The van der Waals surface area contributed by atoms with Gasteiger partial charge in [0.05, 0.1) is 7.11 Å². The van der Waals surface area contributed by atoms with E-state index in [0.717, 1.165) is 23.5 Å². The maximum Gasteiger partial charge on any atom is 0.119 e. The van der Waals surface area contributed by atoms with Gasteiger partial charge in [-0.05, 0) is 48.5 Å². The maximum absolute atomic E-state index is 5.24. The highest BCUT2D eigenvalue weighted by atomic mass is 16.5. The standard InChI is InChI=1S/C12H15NO/c1-14-9-4-2-3-8(5-9)12-10-6-13-7-11(10)12/h2-5,10-13H,6-7H2,1H3. The van der Waals surface area contributed by atoms with Gasteiger partial charge in [-0.2, -0.15) is 0 Å². The molecule has 1 saturated heterocycles. The molecule has 2 atom stereocenters. The zero-order chi connectivity index (χ0) is 9.54. The number of methoxy groups -OCH3 is 1. The normalized spacial score (nSPS) is 33.9. The van der Waals surface area contributed by atoms with Gasteiger partial charge in [-0.3, -0.25) is 0 Å². The van der Waals surface area contributed by atoms with Crippen LogP contribution in [0.1, 0.15) is 11.5 Å². The molecule has 1 heterocycles. The summed E-state index contributed by atoms with van der Waals surface area (Å²) in [6.07, 6.45) is 0. The van der Waals surface area contributed by atoms with E-state index in [2.05, 4.69) is 23.5 Å². The fourth-order valence-electron chi connectivity index (χ4n) is 2.76. The first-order valence-corrected chi connectivity index (χ1v) is 5.25. The second-order valence-corrected chi connectivity index (χ2v) is 4.29. The van der Waals surface area contributed by atoms with Crippen LogP contribution in [0.4, 0.5) is 0 Å². The van der Waals surface area contributed by atoms with Crippen molar-refractivity contribution < 1.29 is 4.74 Å². The van der Waals surface area contributed by atoms with Crippen molar-refractivity contribution in [3.05, 3.63) is 29.8 Å². The summed E-state index contributed by atoms with van der Waals surface area (Å²) in [5.41, 5.74) is 1.46.